The molecule has 1 fully saturated rings. The molecule has 4 heteroatoms. The highest BCUT2D eigenvalue weighted by Crippen LogP contribution is 2.46. The van der Waals surface area contributed by atoms with Gasteiger partial charge in [0, 0.05) is 22.2 Å². The SMILES string of the molecule is CN1CCC(c2ccc3n2C(=O)c2ccccc2SC3c2ccccc2)CC1. The third-order valence-corrected chi connectivity index (χ3v) is 7.37. The van der Waals surface area contributed by atoms with Crippen molar-refractivity contribution in [2.75, 3.05) is 20.1 Å². The van der Waals surface area contributed by atoms with Crippen LogP contribution in [0.5, 0.6) is 0 Å². The van der Waals surface area contributed by atoms with Gasteiger partial charge in [0.2, 0.25) is 0 Å². The van der Waals surface area contributed by atoms with Gasteiger partial charge in [-0.2, -0.15) is 0 Å². The maximum atomic E-state index is 13.6. The van der Waals surface area contributed by atoms with Crippen LogP contribution >= 0.6 is 11.8 Å². The highest BCUT2D eigenvalue weighted by atomic mass is 32.2. The molecule has 2 aromatic carbocycles. The molecule has 1 atom stereocenters. The van der Waals surface area contributed by atoms with Gasteiger partial charge in [-0.05, 0) is 62.8 Å². The van der Waals surface area contributed by atoms with E-state index in [4.69, 9.17) is 0 Å². The van der Waals surface area contributed by atoms with E-state index in [0.29, 0.717) is 5.92 Å². The van der Waals surface area contributed by atoms with Crippen molar-refractivity contribution in [1.29, 1.82) is 0 Å². The summed E-state index contributed by atoms with van der Waals surface area (Å²) in [6.07, 6.45) is 2.22. The monoisotopic (exact) mass is 388 g/mol. The zero-order chi connectivity index (χ0) is 19.1. The number of fused-ring (bicyclic) bond motifs is 2. The topological polar surface area (TPSA) is 25.2 Å². The molecule has 0 spiro atoms. The molecular weight excluding hydrogens is 364 g/mol. The van der Waals surface area contributed by atoms with Crippen molar-refractivity contribution < 1.29 is 4.79 Å². The molecule has 0 radical (unpaired) electrons. The summed E-state index contributed by atoms with van der Waals surface area (Å²) in [5.41, 5.74) is 4.35. The summed E-state index contributed by atoms with van der Waals surface area (Å²) in [4.78, 5) is 17.1. The number of hydrogen-bond acceptors (Lipinski definition) is 3. The van der Waals surface area contributed by atoms with Crippen LogP contribution in [0.3, 0.4) is 0 Å². The second-order valence-corrected chi connectivity index (χ2v) is 8.95. The van der Waals surface area contributed by atoms with Crippen LogP contribution in [0.1, 0.15) is 51.3 Å². The molecule has 5 rings (SSSR count). The molecule has 3 nitrogen and oxygen atoms in total. The van der Waals surface area contributed by atoms with Gasteiger partial charge in [-0.3, -0.25) is 9.36 Å². The lowest BCUT2D eigenvalue weighted by Gasteiger charge is -2.29. The van der Waals surface area contributed by atoms with Crippen LogP contribution in [0, 0.1) is 0 Å². The molecule has 1 saturated heterocycles. The first-order valence-corrected chi connectivity index (χ1v) is 10.9. The van der Waals surface area contributed by atoms with Crippen molar-refractivity contribution in [3.63, 3.8) is 0 Å². The molecule has 28 heavy (non-hydrogen) atoms. The van der Waals surface area contributed by atoms with E-state index in [0.717, 1.165) is 42.1 Å². The first kappa shape index (κ1) is 17.8. The van der Waals surface area contributed by atoms with Crippen molar-refractivity contribution in [2.45, 2.75) is 28.9 Å². The van der Waals surface area contributed by atoms with E-state index < -0.39 is 0 Å². The number of aromatic nitrogens is 1. The molecule has 0 bridgehead atoms. The summed E-state index contributed by atoms with van der Waals surface area (Å²) < 4.78 is 2.03. The summed E-state index contributed by atoms with van der Waals surface area (Å²) in [6, 6.07) is 23.0. The number of nitrogens with zero attached hydrogens (tertiary/aromatic N) is 2. The Morgan fingerprint density at radius 2 is 1.54 bits per heavy atom. The predicted molar refractivity (Wildman–Crippen MR) is 114 cm³/mol. The third-order valence-electron chi connectivity index (χ3n) is 6.01. The van der Waals surface area contributed by atoms with Crippen LogP contribution in [0.25, 0.3) is 0 Å². The highest BCUT2D eigenvalue weighted by molar-refractivity contribution is 7.99. The number of rotatable bonds is 2. The summed E-state index contributed by atoms with van der Waals surface area (Å²) in [7, 11) is 2.18. The molecular formula is C24H24N2OS. The average Bonchev–Trinajstić information content (AvgIpc) is 3.13. The Labute approximate surface area is 170 Å². The molecule has 142 valence electrons. The number of carbonyl (C=O) groups excluding carboxylic acids is 1. The Balaban J connectivity index is 1.66. The number of benzene rings is 2. The Bertz CT molecular complexity index is 1000. The molecule has 0 aliphatic carbocycles. The van der Waals surface area contributed by atoms with Gasteiger partial charge >= 0.3 is 0 Å². The normalized spacial score (nSPS) is 20.5. The quantitative estimate of drug-likeness (QED) is 0.605. The lowest BCUT2D eigenvalue weighted by Crippen LogP contribution is -2.31. The second-order valence-electron chi connectivity index (χ2n) is 7.81. The highest BCUT2D eigenvalue weighted by Gasteiger charge is 2.33. The number of piperidine rings is 1. The first-order valence-electron chi connectivity index (χ1n) is 9.98. The lowest BCUT2D eigenvalue weighted by molar-refractivity contribution is 0.0949. The molecule has 2 aliphatic heterocycles. The molecule has 0 saturated carbocycles. The van der Waals surface area contributed by atoms with Gasteiger partial charge < -0.3 is 4.90 Å². The maximum Gasteiger partial charge on any atom is 0.263 e. The van der Waals surface area contributed by atoms with E-state index in [1.807, 2.05) is 28.8 Å². The lowest BCUT2D eigenvalue weighted by atomic mass is 9.93. The Morgan fingerprint density at radius 1 is 0.857 bits per heavy atom. The van der Waals surface area contributed by atoms with Crippen molar-refractivity contribution in [2.24, 2.45) is 0 Å². The Hall–Kier alpha value is -2.30. The molecule has 0 N–H and O–H groups in total. The largest absolute Gasteiger partial charge is 0.306 e. The van der Waals surface area contributed by atoms with Gasteiger partial charge in [0.1, 0.15) is 0 Å². The molecule has 0 amide bonds. The fraction of sp³-hybridized carbons (Fsp3) is 0.292. The Kier molecular flexibility index (Phi) is 4.61. The van der Waals surface area contributed by atoms with Gasteiger partial charge in [0.05, 0.1) is 10.8 Å². The average molecular weight is 389 g/mol. The number of thioether (sulfide) groups is 1. The van der Waals surface area contributed by atoms with E-state index in [9.17, 15) is 4.79 Å². The maximum absolute atomic E-state index is 13.6. The molecule has 2 aliphatic rings. The minimum Gasteiger partial charge on any atom is -0.306 e. The van der Waals surface area contributed by atoms with E-state index in [2.05, 4.69) is 54.4 Å². The third kappa shape index (κ3) is 3.01. The molecule has 3 aromatic rings. The van der Waals surface area contributed by atoms with Crippen LogP contribution < -0.4 is 0 Å². The molecule has 3 heterocycles. The smallest absolute Gasteiger partial charge is 0.263 e. The van der Waals surface area contributed by atoms with Gasteiger partial charge in [-0.15, -0.1) is 11.8 Å². The van der Waals surface area contributed by atoms with Crippen molar-refractivity contribution >= 4 is 17.7 Å². The van der Waals surface area contributed by atoms with Crippen LogP contribution in [-0.2, 0) is 0 Å². The molecule has 1 unspecified atom stereocenters. The fourth-order valence-corrected chi connectivity index (χ4v) is 5.74. The number of hydrogen-bond donors (Lipinski definition) is 0. The fourth-order valence-electron chi connectivity index (χ4n) is 4.45. The van der Waals surface area contributed by atoms with Gasteiger partial charge in [-0.25, -0.2) is 0 Å². The van der Waals surface area contributed by atoms with E-state index >= 15 is 0 Å². The summed E-state index contributed by atoms with van der Waals surface area (Å²) in [5, 5.41) is 0.119. The van der Waals surface area contributed by atoms with E-state index in [1.165, 1.54) is 11.3 Å². The number of likely N-dealkylation sites (tertiary alicyclic amines) is 1. The van der Waals surface area contributed by atoms with Crippen LogP contribution in [0.4, 0.5) is 0 Å². The zero-order valence-corrected chi connectivity index (χ0v) is 16.9. The van der Waals surface area contributed by atoms with E-state index in [1.54, 1.807) is 11.8 Å². The molecule has 1 aromatic heterocycles. The minimum atomic E-state index is 0.119. The van der Waals surface area contributed by atoms with Crippen molar-refractivity contribution in [1.82, 2.24) is 9.47 Å². The summed E-state index contributed by atoms with van der Waals surface area (Å²) in [5.74, 6) is 0.566. The predicted octanol–water partition coefficient (Wildman–Crippen LogP) is 5.18. The van der Waals surface area contributed by atoms with Crippen molar-refractivity contribution in [3.05, 3.63) is 89.2 Å². The summed E-state index contributed by atoms with van der Waals surface area (Å²) >= 11 is 1.79. The standard InChI is InChI=1S/C24H24N2OS/c1-25-15-13-17(14-16-25)20-11-12-21-23(18-7-3-2-4-8-18)28-22-10-6-5-9-19(22)24(27)26(20)21/h2-12,17,23H,13-16H2,1H3. The van der Waals surface area contributed by atoms with Crippen molar-refractivity contribution in [3.8, 4) is 0 Å². The zero-order valence-electron chi connectivity index (χ0n) is 16.0. The summed E-state index contributed by atoms with van der Waals surface area (Å²) in [6.45, 7) is 2.18. The van der Waals surface area contributed by atoms with Crippen LogP contribution in [-0.4, -0.2) is 35.5 Å². The number of carbonyl (C=O) groups is 1. The van der Waals surface area contributed by atoms with Crippen LogP contribution in [0.2, 0.25) is 0 Å². The van der Waals surface area contributed by atoms with Gasteiger partial charge in [0.25, 0.3) is 5.91 Å². The van der Waals surface area contributed by atoms with Crippen LogP contribution in [0.15, 0.2) is 71.6 Å². The Morgan fingerprint density at radius 3 is 2.32 bits per heavy atom. The van der Waals surface area contributed by atoms with Gasteiger partial charge in [0.15, 0.2) is 0 Å². The first-order chi connectivity index (χ1) is 13.7. The van der Waals surface area contributed by atoms with E-state index in [-0.39, 0.29) is 11.2 Å². The minimum absolute atomic E-state index is 0.119. The van der Waals surface area contributed by atoms with Gasteiger partial charge in [-0.1, -0.05) is 42.5 Å². The second kappa shape index (κ2) is 7.26.